The number of nitrogens with two attached hydrogens (primary N) is 1. The third-order valence-corrected chi connectivity index (χ3v) is 4.33. The summed E-state index contributed by atoms with van der Waals surface area (Å²) < 4.78 is 5.47. The van der Waals surface area contributed by atoms with Crippen LogP contribution in [0.3, 0.4) is 0 Å². The zero-order valence-electron chi connectivity index (χ0n) is 15.6. The van der Waals surface area contributed by atoms with Crippen molar-refractivity contribution in [3.05, 3.63) is 40.6 Å². The summed E-state index contributed by atoms with van der Waals surface area (Å²) in [6.45, 7) is 3.94. The predicted molar refractivity (Wildman–Crippen MR) is 102 cm³/mol. The molecular formula is C19H28N4O3. The average molecular weight is 360 g/mol. The SMILES string of the molecule is CCCC(CO)Nc1nc(N)nc(C)c1Cc1ccc(CO)cc1OC. The van der Waals surface area contributed by atoms with E-state index in [9.17, 15) is 10.2 Å². The summed E-state index contributed by atoms with van der Waals surface area (Å²) in [6, 6.07) is 5.53. The minimum atomic E-state index is -0.0916. The van der Waals surface area contributed by atoms with E-state index in [1.54, 1.807) is 7.11 Å². The fourth-order valence-corrected chi connectivity index (χ4v) is 2.92. The molecule has 2 rings (SSSR count). The van der Waals surface area contributed by atoms with Crippen LogP contribution in [-0.4, -0.2) is 39.9 Å². The lowest BCUT2D eigenvalue weighted by molar-refractivity contribution is 0.268. The van der Waals surface area contributed by atoms with Crippen LogP contribution in [0.2, 0.25) is 0 Å². The summed E-state index contributed by atoms with van der Waals surface area (Å²) in [7, 11) is 1.61. The van der Waals surface area contributed by atoms with Crippen LogP contribution in [0.5, 0.6) is 5.75 Å². The van der Waals surface area contributed by atoms with Crippen molar-refractivity contribution in [3.63, 3.8) is 0 Å². The van der Waals surface area contributed by atoms with Crippen molar-refractivity contribution < 1.29 is 14.9 Å². The normalized spacial score (nSPS) is 12.0. The first-order valence-electron chi connectivity index (χ1n) is 8.79. The number of methoxy groups -OCH3 is 1. The van der Waals surface area contributed by atoms with Gasteiger partial charge in [0.1, 0.15) is 11.6 Å². The van der Waals surface area contributed by atoms with Gasteiger partial charge in [-0.25, -0.2) is 4.98 Å². The summed E-state index contributed by atoms with van der Waals surface area (Å²) >= 11 is 0. The topological polar surface area (TPSA) is 114 Å². The molecule has 0 spiro atoms. The van der Waals surface area contributed by atoms with Gasteiger partial charge >= 0.3 is 0 Å². The Bertz CT molecular complexity index is 737. The number of benzene rings is 1. The van der Waals surface area contributed by atoms with E-state index in [0.29, 0.717) is 18.0 Å². The first kappa shape index (κ1) is 19.9. The van der Waals surface area contributed by atoms with Crippen molar-refractivity contribution in [3.8, 4) is 5.75 Å². The maximum atomic E-state index is 9.60. The molecule has 2 aromatic rings. The fourth-order valence-electron chi connectivity index (χ4n) is 2.92. The average Bonchev–Trinajstić information content (AvgIpc) is 2.64. The van der Waals surface area contributed by atoms with Crippen LogP contribution in [0.15, 0.2) is 18.2 Å². The Morgan fingerprint density at radius 3 is 2.65 bits per heavy atom. The molecule has 0 saturated heterocycles. The molecular weight excluding hydrogens is 332 g/mol. The second-order valence-corrected chi connectivity index (χ2v) is 6.29. The molecule has 0 aliphatic rings. The van der Waals surface area contributed by atoms with E-state index in [2.05, 4.69) is 22.2 Å². The Morgan fingerprint density at radius 2 is 2.04 bits per heavy atom. The van der Waals surface area contributed by atoms with Crippen LogP contribution in [0.4, 0.5) is 11.8 Å². The minimum absolute atomic E-state index is 0.0186. The fraction of sp³-hybridized carbons (Fsp3) is 0.474. The maximum Gasteiger partial charge on any atom is 0.222 e. The van der Waals surface area contributed by atoms with Gasteiger partial charge in [0.25, 0.3) is 0 Å². The third-order valence-electron chi connectivity index (χ3n) is 4.33. The van der Waals surface area contributed by atoms with Crippen LogP contribution in [-0.2, 0) is 13.0 Å². The van der Waals surface area contributed by atoms with Crippen LogP contribution in [0, 0.1) is 6.92 Å². The monoisotopic (exact) mass is 360 g/mol. The van der Waals surface area contributed by atoms with Gasteiger partial charge in [-0.05, 0) is 30.5 Å². The second kappa shape index (κ2) is 9.35. The van der Waals surface area contributed by atoms with Crippen LogP contribution < -0.4 is 15.8 Å². The van der Waals surface area contributed by atoms with Crippen molar-refractivity contribution in [1.82, 2.24) is 9.97 Å². The molecule has 0 amide bonds. The van der Waals surface area contributed by atoms with Crippen molar-refractivity contribution in [2.45, 2.75) is 45.8 Å². The molecule has 0 bridgehead atoms. The lowest BCUT2D eigenvalue weighted by Crippen LogP contribution is -2.25. The molecule has 0 aliphatic heterocycles. The van der Waals surface area contributed by atoms with Crippen molar-refractivity contribution in [2.75, 3.05) is 24.8 Å². The summed E-state index contributed by atoms with van der Waals surface area (Å²) in [6.07, 6.45) is 2.32. The molecule has 1 atom stereocenters. The van der Waals surface area contributed by atoms with Gasteiger partial charge in [-0.1, -0.05) is 25.5 Å². The van der Waals surface area contributed by atoms with Crippen molar-refractivity contribution in [1.29, 1.82) is 0 Å². The molecule has 7 heteroatoms. The highest BCUT2D eigenvalue weighted by molar-refractivity contribution is 5.53. The summed E-state index contributed by atoms with van der Waals surface area (Å²) in [5.41, 5.74) is 9.26. The lowest BCUT2D eigenvalue weighted by Gasteiger charge is -2.20. The molecule has 1 unspecified atom stereocenters. The number of hydrogen-bond acceptors (Lipinski definition) is 7. The van der Waals surface area contributed by atoms with E-state index in [1.165, 1.54) is 0 Å². The molecule has 0 aliphatic carbocycles. The predicted octanol–water partition coefficient (Wildman–Crippen LogP) is 2.03. The van der Waals surface area contributed by atoms with Gasteiger partial charge in [0.15, 0.2) is 0 Å². The number of nitrogens with zero attached hydrogens (tertiary/aromatic N) is 2. The highest BCUT2D eigenvalue weighted by Crippen LogP contribution is 2.28. The highest BCUT2D eigenvalue weighted by Gasteiger charge is 2.17. The Labute approximate surface area is 154 Å². The molecule has 142 valence electrons. The van der Waals surface area contributed by atoms with Gasteiger partial charge in [-0.2, -0.15) is 4.98 Å². The number of rotatable bonds is 9. The molecule has 0 fully saturated rings. The number of hydrogen-bond donors (Lipinski definition) is 4. The van der Waals surface area contributed by atoms with E-state index in [1.807, 2.05) is 25.1 Å². The first-order valence-corrected chi connectivity index (χ1v) is 8.79. The summed E-state index contributed by atoms with van der Waals surface area (Å²) in [5, 5.41) is 22.2. The quantitative estimate of drug-likeness (QED) is 0.541. The first-order chi connectivity index (χ1) is 12.5. The standard InChI is InChI=1S/C19H28N4O3/c1-4-5-15(11-25)22-18-16(12(2)21-19(20)23-18)9-14-7-6-13(10-24)8-17(14)26-3/h6-8,15,24-25H,4-5,9-11H2,1-3H3,(H3,20,21,22,23). The third kappa shape index (κ3) is 4.83. The Kier molecular flexibility index (Phi) is 7.17. The molecule has 0 saturated carbocycles. The van der Waals surface area contributed by atoms with Crippen molar-refractivity contribution in [2.24, 2.45) is 0 Å². The number of anilines is 2. The maximum absolute atomic E-state index is 9.60. The molecule has 1 aromatic carbocycles. The highest BCUT2D eigenvalue weighted by atomic mass is 16.5. The van der Waals surface area contributed by atoms with E-state index >= 15 is 0 Å². The van der Waals surface area contributed by atoms with Crippen molar-refractivity contribution >= 4 is 11.8 Å². The molecule has 5 N–H and O–H groups in total. The Balaban J connectivity index is 2.39. The van der Waals surface area contributed by atoms with Gasteiger partial charge in [0, 0.05) is 17.7 Å². The van der Waals surface area contributed by atoms with E-state index in [-0.39, 0.29) is 25.2 Å². The zero-order chi connectivity index (χ0) is 19.1. The van der Waals surface area contributed by atoms with Gasteiger partial charge in [-0.3, -0.25) is 0 Å². The minimum Gasteiger partial charge on any atom is -0.496 e. The lowest BCUT2D eigenvalue weighted by atomic mass is 10.0. The van der Waals surface area contributed by atoms with Gasteiger partial charge in [0.2, 0.25) is 5.95 Å². The number of aryl methyl sites for hydroxylation is 1. The smallest absolute Gasteiger partial charge is 0.222 e. The number of nitrogens with one attached hydrogen (secondary N) is 1. The Morgan fingerprint density at radius 1 is 1.27 bits per heavy atom. The molecule has 1 heterocycles. The van der Waals surface area contributed by atoms with E-state index < -0.39 is 0 Å². The summed E-state index contributed by atoms with van der Waals surface area (Å²) in [5.74, 6) is 1.53. The van der Waals surface area contributed by atoms with Gasteiger partial charge in [-0.15, -0.1) is 0 Å². The number of ether oxygens (including phenoxy) is 1. The largest absolute Gasteiger partial charge is 0.496 e. The molecule has 26 heavy (non-hydrogen) atoms. The van der Waals surface area contributed by atoms with E-state index in [4.69, 9.17) is 10.5 Å². The zero-order valence-corrected chi connectivity index (χ0v) is 15.6. The number of aliphatic hydroxyl groups excluding tert-OH is 2. The van der Waals surface area contributed by atoms with Gasteiger partial charge in [0.05, 0.1) is 26.4 Å². The second-order valence-electron chi connectivity index (χ2n) is 6.29. The van der Waals surface area contributed by atoms with E-state index in [0.717, 1.165) is 35.2 Å². The molecule has 7 nitrogen and oxygen atoms in total. The van der Waals surface area contributed by atoms with Crippen LogP contribution >= 0.6 is 0 Å². The number of nitrogen functional groups attached to an aromatic ring is 1. The number of aromatic nitrogens is 2. The Hall–Kier alpha value is -2.38. The van der Waals surface area contributed by atoms with Crippen LogP contribution in [0.25, 0.3) is 0 Å². The summed E-state index contributed by atoms with van der Waals surface area (Å²) in [4.78, 5) is 8.64. The van der Waals surface area contributed by atoms with Gasteiger partial charge < -0.3 is 26.0 Å². The number of aliphatic hydroxyl groups is 2. The van der Waals surface area contributed by atoms with Crippen LogP contribution in [0.1, 0.15) is 42.1 Å². The molecule has 1 aromatic heterocycles. The molecule has 0 radical (unpaired) electrons.